The van der Waals surface area contributed by atoms with E-state index in [2.05, 4.69) is 17.6 Å². The highest BCUT2D eigenvalue weighted by Gasteiger charge is 2.24. The predicted molar refractivity (Wildman–Crippen MR) is 98.9 cm³/mol. The van der Waals surface area contributed by atoms with Gasteiger partial charge in [-0.05, 0) is 49.9 Å². The average Bonchev–Trinajstić information content (AvgIpc) is 2.62. The van der Waals surface area contributed by atoms with Gasteiger partial charge in [0.1, 0.15) is 6.04 Å². The molecule has 0 spiro atoms. The molecule has 0 heterocycles. The van der Waals surface area contributed by atoms with Crippen molar-refractivity contribution < 1.29 is 19.1 Å². The first kappa shape index (κ1) is 20.2. The third kappa shape index (κ3) is 6.02. The third-order valence-electron chi connectivity index (χ3n) is 4.61. The van der Waals surface area contributed by atoms with Gasteiger partial charge in [-0.25, -0.2) is 4.79 Å². The van der Waals surface area contributed by atoms with Gasteiger partial charge in [-0.15, -0.1) is 0 Å². The molecule has 0 aromatic heterocycles. The minimum absolute atomic E-state index is 0.136. The number of carbonyl (C=O) groups is 3. The molecular formula is C19H25ClN2O4. The zero-order chi connectivity index (χ0) is 19.1. The van der Waals surface area contributed by atoms with E-state index in [0.717, 1.165) is 19.3 Å². The molecule has 0 aliphatic heterocycles. The average molecular weight is 381 g/mol. The van der Waals surface area contributed by atoms with E-state index in [9.17, 15) is 14.4 Å². The number of carbonyl (C=O) groups excluding carboxylic acids is 3. The van der Waals surface area contributed by atoms with Crippen molar-refractivity contribution in [3.05, 3.63) is 34.9 Å². The second-order valence-electron chi connectivity index (χ2n) is 6.75. The Labute approximate surface area is 158 Å². The summed E-state index contributed by atoms with van der Waals surface area (Å²) in [6, 6.07) is 5.59. The fourth-order valence-electron chi connectivity index (χ4n) is 2.98. The van der Waals surface area contributed by atoms with Crippen molar-refractivity contribution in [1.82, 2.24) is 10.6 Å². The van der Waals surface area contributed by atoms with Gasteiger partial charge in [0.15, 0.2) is 6.61 Å². The molecule has 0 unspecified atom stereocenters. The van der Waals surface area contributed by atoms with Crippen molar-refractivity contribution in [2.75, 3.05) is 6.61 Å². The highest BCUT2D eigenvalue weighted by atomic mass is 35.5. The standard InChI is InChI=1S/C19H25ClN2O4/c1-12-5-3-4-6-16(12)22-17(23)11-26-19(25)13(2)21-18(24)14-7-9-15(20)10-8-14/h7-10,12-13,16H,3-6,11H2,1-2H3,(H,21,24)(H,22,23)/t12-,13-,16-/m0/s1. The van der Waals surface area contributed by atoms with Crippen molar-refractivity contribution in [2.24, 2.45) is 5.92 Å². The summed E-state index contributed by atoms with van der Waals surface area (Å²) in [4.78, 5) is 36.0. The van der Waals surface area contributed by atoms with Crippen molar-refractivity contribution in [1.29, 1.82) is 0 Å². The second-order valence-corrected chi connectivity index (χ2v) is 7.18. The van der Waals surface area contributed by atoms with Gasteiger partial charge in [0, 0.05) is 16.6 Å². The van der Waals surface area contributed by atoms with E-state index < -0.39 is 17.9 Å². The van der Waals surface area contributed by atoms with Crippen molar-refractivity contribution in [3.8, 4) is 0 Å². The molecule has 7 heteroatoms. The van der Waals surface area contributed by atoms with E-state index in [0.29, 0.717) is 16.5 Å². The number of nitrogens with one attached hydrogen (secondary N) is 2. The first-order valence-corrected chi connectivity index (χ1v) is 9.27. The monoisotopic (exact) mass is 380 g/mol. The van der Waals surface area contributed by atoms with Crippen LogP contribution in [0, 0.1) is 5.92 Å². The van der Waals surface area contributed by atoms with Gasteiger partial charge >= 0.3 is 5.97 Å². The molecular weight excluding hydrogens is 356 g/mol. The number of hydrogen-bond donors (Lipinski definition) is 2. The number of halogens is 1. The summed E-state index contributed by atoms with van der Waals surface area (Å²) in [5.74, 6) is -0.944. The van der Waals surface area contributed by atoms with Crippen LogP contribution < -0.4 is 10.6 Å². The molecule has 142 valence electrons. The smallest absolute Gasteiger partial charge is 0.328 e. The van der Waals surface area contributed by atoms with Gasteiger partial charge in [0.25, 0.3) is 11.8 Å². The van der Waals surface area contributed by atoms with Gasteiger partial charge in [0.2, 0.25) is 0 Å². The quantitative estimate of drug-likeness (QED) is 0.743. The summed E-state index contributed by atoms with van der Waals surface area (Å²) in [7, 11) is 0. The summed E-state index contributed by atoms with van der Waals surface area (Å²) in [5, 5.41) is 5.98. The molecule has 2 N–H and O–H groups in total. The summed E-state index contributed by atoms with van der Waals surface area (Å²) >= 11 is 5.78. The minimum Gasteiger partial charge on any atom is -0.454 e. The van der Waals surface area contributed by atoms with Crippen LogP contribution in [0.1, 0.15) is 49.9 Å². The fourth-order valence-corrected chi connectivity index (χ4v) is 3.11. The highest BCUT2D eigenvalue weighted by Crippen LogP contribution is 2.23. The Morgan fingerprint density at radius 3 is 2.50 bits per heavy atom. The van der Waals surface area contributed by atoms with Crippen LogP contribution in [-0.2, 0) is 14.3 Å². The van der Waals surface area contributed by atoms with E-state index in [1.165, 1.54) is 13.3 Å². The van der Waals surface area contributed by atoms with Crippen LogP contribution in [0.4, 0.5) is 0 Å². The van der Waals surface area contributed by atoms with Crippen LogP contribution in [0.25, 0.3) is 0 Å². The number of ether oxygens (including phenoxy) is 1. The molecule has 1 aromatic rings. The van der Waals surface area contributed by atoms with Crippen LogP contribution in [0.2, 0.25) is 5.02 Å². The van der Waals surface area contributed by atoms with E-state index in [1.807, 2.05) is 0 Å². The van der Waals surface area contributed by atoms with Crippen molar-refractivity contribution >= 4 is 29.4 Å². The van der Waals surface area contributed by atoms with Gasteiger partial charge in [-0.1, -0.05) is 31.4 Å². The third-order valence-corrected chi connectivity index (χ3v) is 4.86. The number of rotatable bonds is 6. The SMILES string of the molecule is C[C@H](NC(=O)c1ccc(Cl)cc1)C(=O)OCC(=O)N[C@H]1CCCC[C@@H]1C. The molecule has 0 radical (unpaired) electrons. The Morgan fingerprint density at radius 1 is 1.19 bits per heavy atom. The summed E-state index contributed by atoms with van der Waals surface area (Å²) in [6.07, 6.45) is 4.34. The lowest BCUT2D eigenvalue weighted by atomic mass is 9.86. The van der Waals surface area contributed by atoms with Crippen molar-refractivity contribution in [3.63, 3.8) is 0 Å². The van der Waals surface area contributed by atoms with Crippen molar-refractivity contribution in [2.45, 2.75) is 51.6 Å². The first-order chi connectivity index (χ1) is 12.4. The lowest BCUT2D eigenvalue weighted by molar-refractivity contribution is -0.150. The maximum Gasteiger partial charge on any atom is 0.328 e. The van der Waals surface area contributed by atoms with Crippen LogP contribution in [0.3, 0.4) is 0 Å². The number of benzene rings is 1. The topological polar surface area (TPSA) is 84.5 Å². The zero-order valence-corrected chi connectivity index (χ0v) is 15.8. The Hall–Kier alpha value is -2.08. The number of hydrogen-bond acceptors (Lipinski definition) is 4. The summed E-state index contributed by atoms with van der Waals surface area (Å²) < 4.78 is 5.01. The minimum atomic E-state index is -0.861. The number of esters is 1. The molecule has 1 aliphatic carbocycles. The molecule has 0 saturated heterocycles. The Kier molecular flexibility index (Phi) is 7.45. The summed E-state index contributed by atoms with van der Waals surface area (Å²) in [5.41, 5.74) is 0.387. The first-order valence-electron chi connectivity index (χ1n) is 8.89. The Morgan fingerprint density at radius 2 is 1.85 bits per heavy atom. The maximum atomic E-state index is 12.1. The molecule has 26 heavy (non-hydrogen) atoms. The Bertz CT molecular complexity index is 647. The van der Waals surface area contributed by atoms with Crippen LogP contribution in [0.15, 0.2) is 24.3 Å². The molecule has 2 rings (SSSR count). The molecule has 6 nitrogen and oxygen atoms in total. The molecule has 1 saturated carbocycles. The normalized spacial score (nSPS) is 20.7. The van der Waals surface area contributed by atoms with Crippen LogP contribution in [-0.4, -0.2) is 36.5 Å². The second kappa shape index (κ2) is 9.57. The largest absolute Gasteiger partial charge is 0.454 e. The van der Waals surface area contributed by atoms with Crippen LogP contribution in [0.5, 0.6) is 0 Å². The van der Waals surface area contributed by atoms with Gasteiger partial charge < -0.3 is 15.4 Å². The summed E-state index contributed by atoms with van der Waals surface area (Å²) in [6.45, 7) is 3.28. The van der Waals surface area contributed by atoms with Crippen LogP contribution >= 0.6 is 11.6 Å². The predicted octanol–water partition coefficient (Wildman–Crippen LogP) is 2.70. The molecule has 3 atom stereocenters. The number of amides is 2. The zero-order valence-electron chi connectivity index (χ0n) is 15.1. The van der Waals surface area contributed by atoms with E-state index in [-0.39, 0.29) is 18.6 Å². The lowest BCUT2D eigenvalue weighted by Gasteiger charge is -2.29. The Balaban J connectivity index is 1.75. The highest BCUT2D eigenvalue weighted by molar-refractivity contribution is 6.30. The van der Waals surface area contributed by atoms with Gasteiger partial charge in [-0.2, -0.15) is 0 Å². The van der Waals surface area contributed by atoms with Gasteiger partial charge in [-0.3, -0.25) is 9.59 Å². The molecule has 2 amide bonds. The fraction of sp³-hybridized carbons (Fsp3) is 0.526. The maximum absolute atomic E-state index is 12.1. The van der Waals surface area contributed by atoms with E-state index in [4.69, 9.17) is 16.3 Å². The molecule has 1 aromatic carbocycles. The van der Waals surface area contributed by atoms with Gasteiger partial charge in [0.05, 0.1) is 0 Å². The van der Waals surface area contributed by atoms with E-state index in [1.54, 1.807) is 24.3 Å². The molecule has 1 fully saturated rings. The lowest BCUT2D eigenvalue weighted by Crippen LogP contribution is -2.44. The van der Waals surface area contributed by atoms with E-state index >= 15 is 0 Å². The molecule has 0 bridgehead atoms. The molecule has 1 aliphatic rings.